The number of carboxylic acids is 1. The molecule has 1 saturated heterocycles. The third-order valence-corrected chi connectivity index (χ3v) is 5.78. The Bertz CT molecular complexity index is 513. The van der Waals surface area contributed by atoms with Crippen molar-refractivity contribution in [2.45, 2.75) is 95.4 Å². The number of unbranched alkanes of at least 4 members (excludes halogenated alkanes) is 2. The van der Waals surface area contributed by atoms with E-state index in [0.29, 0.717) is 38.5 Å². The molecule has 5 nitrogen and oxygen atoms in total. The van der Waals surface area contributed by atoms with E-state index in [9.17, 15) is 23.8 Å². The van der Waals surface area contributed by atoms with Crippen LogP contribution in [0.15, 0.2) is 11.8 Å². The first kappa shape index (κ1) is 22.1. The highest BCUT2D eigenvalue weighted by atomic mass is 19.1. The Morgan fingerprint density at radius 1 is 1.37 bits per heavy atom. The lowest BCUT2D eigenvalue weighted by Crippen LogP contribution is -2.29. The summed E-state index contributed by atoms with van der Waals surface area (Å²) < 4.78 is 34.4. The molecule has 0 bridgehead atoms. The second kappa shape index (κ2) is 10.4. The van der Waals surface area contributed by atoms with Crippen LogP contribution >= 0.6 is 0 Å². The second-order valence-electron chi connectivity index (χ2n) is 7.80. The Kier molecular flexibility index (Phi) is 8.48. The Morgan fingerprint density at radius 2 is 2.11 bits per heavy atom. The van der Waals surface area contributed by atoms with E-state index in [2.05, 4.69) is 0 Å². The predicted octanol–water partition coefficient (Wildman–Crippen LogP) is 3.53. The number of hydrogen-bond acceptors (Lipinski definition) is 4. The summed E-state index contributed by atoms with van der Waals surface area (Å²) in [6, 6.07) is 0. The summed E-state index contributed by atoms with van der Waals surface area (Å²) in [7, 11) is 0. The molecule has 1 saturated carbocycles. The maximum atomic E-state index is 14.8. The van der Waals surface area contributed by atoms with Gasteiger partial charge in [-0.25, -0.2) is 8.78 Å². The van der Waals surface area contributed by atoms with Gasteiger partial charge in [0, 0.05) is 18.8 Å². The highest BCUT2D eigenvalue weighted by molar-refractivity contribution is 5.66. The van der Waals surface area contributed by atoms with Crippen LogP contribution in [0, 0.1) is 11.8 Å². The number of aliphatic hydroxyl groups excluding tert-OH is 2. The number of hydrogen-bond donors (Lipinski definition) is 3. The van der Waals surface area contributed by atoms with Gasteiger partial charge in [-0.2, -0.15) is 0 Å². The first-order chi connectivity index (χ1) is 12.8. The van der Waals surface area contributed by atoms with Gasteiger partial charge in [0.2, 0.25) is 0 Å². The van der Waals surface area contributed by atoms with Gasteiger partial charge in [-0.1, -0.05) is 19.8 Å². The van der Waals surface area contributed by atoms with Gasteiger partial charge in [0.1, 0.15) is 18.0 Å². The number of alkyl halides is 2. The van der Waals surface area contributed by atoms with Crippen LogP contribution < -0.4 is 0 Å². The number of allylic oxidation sites excluding steroid dienone is 2. The number of aliphatic carboxylic acids is 1. The van der Waals surface area contributed by atoms with Crippen molar-refractivity contribution < 1.29 is 33.6 Å². The van der Waals surface area contributed by atoms with Crippen LogP contribution in [-0.4, -0.2) is 51.9 Å². The van der Waals surface area contributed by atoms with Gasteiger partial charge in [-0.15, -0.1) is 0 Å². The average Bonchev–Trinajstić information content (AvgIpc) is 3.09. The fourth-order valence-electron chi connectivity index (χ4n) is 4.24. The van der Waals surface area contributed by atoms with E-state index in [1.807, 2.05) is 6.92 Å². The Morgan fingerprint density at radius 3 is 2.78 bits per heavy atom. The summed E-state index contributed by atoms with van der Waals surface area (Å²) in [5, 5.41) is 28.9. The molecule has 0 aromatic heterocycles. The molecule has 0 aromatic carbocycles. The zero-order valence-electron chi connectivity index (χ0n) is 15.9. The standard InChI is InChI=1S/C20H32F2O5/c1-2-3-6-13(21)14(23)10-9-12-15(24)11-17-19(12)20(22)16(27-17)7-4-5-8-18(25)26/h7,12-15,17,19-20,23-24H,2-6,8-11H2,1H3,(H,25,26)/b16-7-/t12-,13-,14+,15+,17-,19+,20-/m0/s1. The van der Waals surface area contributed by atoms with Crippen LogP contribution in [0.1, 0.15) is 64.7 Å². The van der Waals surface area contributed by atoms with Crippen molar-refractivity contribution in [2.75, 3.05) is 0 Å². The lowest BCUT2D eigenvalue weighted by molar-refractivity contribution is -0.137. The van der Waals surface area contributed by atoms with Crippen LogP contribution in [0.2, 0.25) is 0 Å². The van der Waals surface area contributed by atoms with E-state index in [1.54, 1.807) is 6.08 Å². The van der Waals surface area contributed by atoms with Gasteiger partial charge in [0.15, 0.2) is 6.17 Å². The molecule has 0 aromatic rings. The molecule has 156 valence electrons. The number of ether oxygens (including phenoxy) is 1. The highest BCUT2D eigenvalue weighted by Gasteiger charge is 2.53. The third kappa shape index (κ3) is 5.88. The van der Waals surface area contributed by atoms with Crippen LogP contribution in [0.4, 0.5) is 8.78 Å². The fraction of sp³-hybridized carbons (Fsp3) is 0.850. The summed E-state index contributed by atoms with van der Waals surface area (Å²) >= 11 is 0. The van der Waals surface area contributed by atoms with Crippen molar-refractivity contribution in [1.29, 1.82) is 0 Å². The van der Waals surface area contributed by atoms with Crippen LogP contribution in [0.3, 0.4) is 0 Å². The van der Waals surface area contributed by atoms with Crippen LogP contribution in [-0.2, 0) is 9.53 Å². The first-order valence-corrected chi connectivity index (χ1v) is 10.1. The molecule has 7 heteroatoms. The maximum absolute atomic E-state index is 14.8. The Balaban J connectivity index is 1.87. The zero-order chi connectivity index (χ0) is 20.0. The molecule has 1 aliphatic carbocycles. The van der Waals surface area contributed by atoms with E-state index in [4.69, 9.17) is 9.84 Å². The van der Waals surface area contributed by atoms with Crippen molar-refractivity contribution in [2.24, 2.45) is 11.8 Å². The van der Waals surface area contributed by atoms with Crippen LogP contribution in [0.25, 0.3) is 0 Å². The Labute approximate surface area is 159 Å². The lowest BCUT2D eigenvalue weighted by Gasteiger charge is -2.23. The average molecular weight is 390 g/mol. The molecule has 7 atom stereocenters. The van der Waals surface area contributed by atoms with Gasteiger partial charge in [-0.05, 0) is 44.1 Å². The summed E-state index contributed by atoms with van der Waals surface area (Å²) in [6.07, 6.45) is 0.381. The summed E-state index contributed by atoms with van der Waals surface area (Å²) in [6.45, 7) is 1.96. The van der Waals surface area contributed by atoms with Crippen LogP contribution in [0.5, 0.6) is 0 Å². The first-order valence-electron chi connectivity index (χ1n) is 10.1. The van der Waals surface area contributed by atoms with Gasteiger partial charge < -0.3 is 20.1 Å². The molecule has 1 heterocycles. The molecule has 2 aliphatic rings. The second-order valence-corrected chi connectivity index (χ2v) is 7.80. The van der Waals surface area contributed by atoms with Gasteiger partial charge in [-0.3, -0.25) is 4.79 Å². The molecule has 0 spiro atoms. The number of rotatable bonds is 11. The van der Waals surface area contributed by atoms with Gasteiger partial charge in [0.05, 0.1) is 12.2 Å². The normalized spacial score (nSPS) is 33.7. The third-order valence-electron chi connectivity index (χ3n) is 5.78. The number of halogens is 2. The number of carboxylic acid groups (broad SMARTS) is 1. The van der Waals surface area contributed by atoms with E-state index >= 15 is 0 Å². The lowest BCUT2D eigenvalue weighted by atomic mass is 9.85. The minimum absolute atomic E-state index is 0.0231. The van der Waals surface area contributed by atoms with E-state index in [0.717, 1.165) is 6.42 Å². The minimum atomic E-state index is -1.35. The molecule has 0 amide bonds. The maximum Gasteiger partial charge on any atom is 0.303 e. The summed E-state index contributed by atoms with van der Waals surface area (Å²) in [5.41, 5.74) is 0. The van der Waals surface area contributed by atoms with E-state index in [1.165, 1.54) is 0 Å². The van der Waals surface area contributed by atoms with Gasteiger partial charge >= 0.3 is 5.97 Å². The molecule has 27 heavy (non-hydrogen) atoms. The number of fused-ring (bicyclic) bond motifs is 1. The monoisotopic (exact) mass is 390 g/mol. The minimum Gasteiger partial charge on any atom is -0.491 e. The highest BCUT2D eigenvalue weighted by Crippen LogP contribution is 2.48. The molecular formula is C20H32F2O5. The van der Waals surface area contributed by atoms with E-state index in [-0.39, 0.29) is 24.5 Å². The van der Waals surface area contributed by atoms with Crippen molar-refractivity contribution >= 4 is 5.97 Å². The SMILES string of the molecule is CCCC[C@H](F)[C@H](O)CC[C@@H]1[C@@H]2[C@H](C[C@H]1O)O/C(=C\CCCC(=O)O)[C@@H]2F. The predicted molar refractivity (Wildman–Crippen MR) is 96.6 cm³/mol. The van der Waals surface area contributed by atoms with Crippen molar-refractivity contribution in [3.8, 4) is 0 Å². The van der Waals surface area contributed by atoms with Crippen molar-refractivity contribution in [1.82, 2.24) is 0 Å². The summed E-state index contributed by atoms with van der Waals surface area (Å²) in [4.78, 5) is 10.5. The van der Waals surface area contributed by atoms with Gasteiger partial charge in [0.25, 0.3) is 0 Å². The molecule has 2 rings (SSSR count). The molecule has 0 radical (unpaired) electrons. The van der Waals surface area contributed by atoms with Crippen molar-refractivity contribution in [3.63, 3.8) is 0 Å². The topological polar surface area (TPSA) is 87.0 Å². The Hall–Kier alpha value is -1.21. The van der Waals surface area contributed by atoms with Crippen molar-refractivity contribution in [3.05, 3.63) is 11.8 Å². The largest absolute Gasteiger partial charge is 0.491 e. The fourth-order valence-corrected chi connectivity index (χ4v) is 4.24. The smallest absolute Gasteiger partial charge is 0.303 e. The molecular weight excluding hydrogens is 358 g/mol. The zero-order valence-corrected chi connectivity index (χ0v) is 15.9. The molecule has 0 unspecified atom stereocenters. The number of carbonyl (C=O) groups is 1. The molecule has 3 N–H and O–H groups in total. The molecule has 1 aliphatic heterocycles. The van der Waals surface area contributed by atoms with E-state index < -0.39 is 42.5 Å². The number of aliphatic hydroxyl groups is 2. The molecule has 2 fully saturated rings. The quantitative estimate of drug-likeness (QED) is 0.470. The summed E-state index contributed by atoms with van der Waals surface area (Å²) in [5.74, 6) is -1.53.